The van der Waals surface area contributed by atoms with Crippen molar-refractivity contribution in [3.63, 3.8) is 0 Å². The Morgan fingerprint density at radius 3 is 1.58 bits per heavy atom. The van der Waals surface area contributed by atoms with E-state index in [2.05, 4.69) is 0 Å². The van der Waals surface area contributed by atoms with Gasteiger partial charge in [0.1, 0.15) is 24.4 Å². The second-order valence-corrected chi connectivity index (χ2v) is 3.84. The van der Waals surface area contributed by atoms with Crippen LogP contribution in [0.5, 0.6) is 0 Å². The first-order valence-corrected chi connectivity index (χ1v) is 5.55. The van der Waals surface area contributed by atoms with E-state index in [-0.39, 0.29) is 18.9 Å². The third-order valence-corrected chi connectivity index (χ3v) is 1.50. The number of aliphatic hydroxyl groups is 5. The summed E-state index contributed by atoms with van der Waals surface area (Å²) in [4.78, 5) is 9.98. The van der Waals surface area contributed by atoms with E-state index in [1.165, 1.54) is 0 Å². The summed E-state index contributed by atoms with van der Waals surface area (Å²) in [5.74, 6) is -1.98. The summed E-state index contributed by atoms with van der Waals surface area (Å²) < 4.78 is 31.6. The Morgan fingerprint density at radius 2 is 1.37 bits per heavy atom. The molecule has 0 aliphatic carbocycles. The average molecular weight is 300 g/mol. The molecule has 0 spiro atoms. The summed E-state index contributed by atoms with van der Waals surface area (Å²) in [7, 11) is -4.67. The van der Waals surface area contributed by atoms with Gasteiger partial charge in [0, 0.05) is 0 Å². The Hall–Kier alpha value is -0.263. The SMILES string of the molecule is O=C([O-])C(O)C(O)C(O)C(O)CO.O=S(=O)(O)O.[Li+]. The van der Waals surface area contributed by atoms with Crippen LogP contribution in [0, 0.1) is 0 Å². The molecular weight excluding hydrogens is 287 g/mol. The largest absolute Gasteiger partial charge is 1.00 e. The minimum atomic E-state index is -4.67. The van der Waals surface area contributed by atoms with Crippen molar-refractivity contribution in [2.75, 3.05) is 6.61 Å². The standard InChI is InChI=1S/C6H12O7.Li.H2O4S/c7-1-2(8)3(9)4(10)5(11)6(12)13;;1-5(2,3)4/h2-5,7-11H,1H2,(H,12,13);;(H2,1,2,3,4)/q;+1;/p-1. The van der Waals surface area contributed by atoms with E-state index in [0.717, 1.165) is 0 Å². The summed E-state index contributed by atoms with van der Waals surface area (Å²) >= 11 is 0. The van der Waals surface area contributed by atoms with Crippen LogP contribution in [-0.2, 0) is 15.2 Å². The number of aliphatic carboxylic acids is 1. The molecule has 4 unspecified atom stereocenters. The van der Waals surface area contributed by atoms with Crippen molar-refractivity contribution < 1.29 is 71.8 Å². The van der Waals surface area contributed by atoms with E-state index in [1.54, 1.807) is 0 Å². The van der Waals surface area contributed by atoms with Gasteiger partial charge in [-0.25, -0.2) is 0 Å². The van der Waals surface area contributed by atoms with Gasteiger partial charge in [-0.1, -0.05) is 0 Å². The summed E-state index contributed by atoms with van der Waals surface area (Å²) in [6.45, 7) is -0.863. The maximum Gasteiger partial charge on any atom is 1.00 e. The Bertz CT molecular complexity index is 335. The fourth-order valence-corrected chi connectivity index (χ4v) is 0.662. The van der Waals surface area contributed by atoms with Crippen molar-refractivity contribution >= 4 is 16.4 Å². The molecule has 0 aliphatic heterocycles. The maximum absolute atomic E-state index is 9.98. The number of hydrogen-bond acceptors (Lipinski definition) is 9. The number of carboxylic acids is 1. The van der Waals surface area contributed by atoms with Crippen molar-refractivity contribution in [1.29, 1.82) is 0 Å². The zero-order chi connectivity index (χ0) is 15.1. The zero-order valence-electron chi connectivity index (χ0n) is 9.69. The summed E-state index contributed by atoms with van der Waals surface area (Å²) in [5, 5.41) is 53.4. The van der Waals surface area contributed by atoms with Gasteiger partial charge < -0.3 is 35.4 Å². The van der Waals surface area contributed by atoms with Crippen molar-refractivity contribution in [1.82, 2.24) is 0 Å². The molecule has 4 atom stereocenters. The number of carbonyl (C=O) groups excluding carboxylic acids is 1. The van der Waals surface area contributed by atoms with Crippen LogP contribution in [0.3, 0.4) is 0 Å². The van der Waals surface area contributed by atoms with Crippen LogP contribution in [0.4, 0.5) is 0 Å². The van der Waals surface area contributed by atoms with Crippen LogP contribution >= 0.6 is 0 Å². The molecule has 7 N–H and O–H groups in total. The van der Waals surface area contributed by atoms with E-state index >= 15 is 0 Å². The van der Waals surface area contributed by atoms with Crippen LogP contribution in [0.1, 0.15) is 0 Å². The third-order valence-electron chi connectivity index (χ3n) is 1.50. The van der Waals surface area contributed by atoms with Gasteiger partial charge in [-0.2, -0.15) is 8.42 Å². The quantitative estimate of drug-likeness (QED) is 0.187. The second kappa shape index (κ2) is 10.5. The normalized spacial score (nSPS) is 17.0. The molecule has 13 heteroatoms. The molecule has 0 fully saturated rings. The summed E-state index contributed by atoms with van der Waals surface area (Å²) in [6.07, 6.45) is -8.08. The first-order chi connectivity index (χ1) is 7.91. The number of aliphatic hydroxyl groups excluding tert-OH is 5. The van der Waals surface area contributed by atoms with Gasteiger partial charge in [-0.15, -0.1) is 0 Å². The first-order valence-electron chi connectivity index (χ1n) is 4.15. The van der Waals surface area contributed by atoms with Crippen LogP contribution in [0.15, 0.2) is 0 Å². The molecule has 0 rings (SSSR count). The van der Waals surface area contributed by atoms with Gasteiger partial charge in [-0.05, 0) is 0 Å². The smallest absolute Gasteiger partial charge is 0.547 e. The van der Waals surface area contributed by atoms with Crippen LogP contribution in [-0.4, -0.2) is 80.0 Å². The van der Waals surface area contributed by atoms with Crippen molar-refractivity contribution in [3.05, 3.63) is 0 Å². The molecule has 0 bridgehead atoms. The molecule has 0 aliphatic rings. The molecule has 0 heterocycles. The van der Waals surface area contributed by atoms with Gasteiger partial charge in [0.25, 0.3) is 0 Å². The van der Waals surface area contributed by atoms with Gasteiger partial charge in [0.2, 0.25) is 0 Å². The average Bonchev–Trinajstić information content (AvgIpc) is 2.22. The van der Waals surface area contributed by atoms with E-state index in [0.29, 0.717) is 0 Å². The summed E-state index contributed by atoms with van der Waals surface area (Å²) in [6, 6.07) is 0. The van der Waals surface area contributed by atoms with Crippen LogP contribution in [0.2, 0.25) is 0 Å². The van der Waals surface area contributed by atoms with Gasteiger partial charge in [0.15, 0.2) is 0 Å². The maximum atomic E-state index is 9.98. The first kappa shape index (κ1) is 23.8. The number of rotatable bonds is 5. The van der Waals surface area contributed by atoms with Crippen molar-refractivity contribution in [3.8, 4) is 0 Å². The van der Waals surface area contributed by atoms with Crippen molar-refractivity contribution in [2.24, 2.45) is 0 Å². The Morgan fingerprint density at radius 1 is 1.05 bits per heavy atom. The summed E-state index contributed by atoms with van der Waals surface area (Å²) in [5.41, 5.74) is 0. The molecule has 0 aromatic heterocycles. The predicted molar refractivity (Wildman–Crippen MR) is 50.3 cm³/mol. The van der Waals surface area contributed by atoms with E-state index in [9.17, 15) is 9.90 Å². The molecule has 0 aromatic carbocycles. The minimum absolute atomic E-state index is 0. The molecule has 110 valence electrons. The number of carbonyl (C=O) groups is 1. The van der Waals surface area contributed by atoms with Crippen LogP contribution < -0.4 is 24.0 Å². The minimum Gasteiger partial charge on any atom is -0.547 e. The molecular formula is C6H13LiO11S. The Labute approximate surface area is 119 Å². The molecule has 0 radical (unpaired) electrons. The fraction of sp³-hybridized carbons (Fsp3) is 0.833. The Balaban J connectivity index is -0.000000366. The van der Waals surface area contributed by atoms with Crippen LogP contribution in [0.25, 0.3) is 0 Å². The van der Waals surface area contributed by atoms with Gasteiger partial charge in [0.05, 0.1) is 12.6 Å². The molecule has 0 saturated carbocycles. The number of hydrogen-bond donors (Lipinski definition) is 7. The molecule has 19 heavy (non-hydrogen) atoms. The monoisotopic (exact) mass is 300 g/mol. The van der Waals surface area contributed by atoms with E-state index < -0.39 is 47.4 Å². The van der Waals surface area contributed by atoms with Crippen molar-refractivity contribution in [2.45, 2.75) is 24.4 Å². The Kier molecular flexibility index (Phi) is 13.2. The predicted octanol–water partition coefficient (Wildman–Crippen LogP) is -8.48. The van der Waals surface area contributed by atoms with E-state index in [1.807, 2.05) is 0 Å². The molecule has 11 nitrogen and oxygen atoms in total. The second-order valence-electron chi connectivity index (χ2n) is 2.94. The fourth-order valence-electron chi connectivity index (χ4n) is 0.662. The molecule has 0 saturated heterocycles. The topological polar surface area (TPSA) is 216 Å². The van der Waals surface area contributed by atoms with Gasteiger partial charge >= 0.3 is 29.3 Å². The van der Waals surface area contributed by atoms with Gasteiger partial charge in [-0.3, -0.25) is 9.11 Å². The number of carboxylic acid groups (broad SMARTS) is 1. The zero-order valence-corrected chi connectivity index (χ0v) is 10.5. The molecule has 0 amide bonds. The van der Waals surface area contributed by atoms with E-state index in [4.69, 9.17) is 43.1 Å². The molecule has 0 aromatic rings. The third kappa shape index (κ3) is 14.0.